The van der Waals surface area contributed by atoms with Crippen molar-refractivity contribution in [2.45, 2.75) is 58.4 Å². The number of amides is 2. The fraction of sp³-hybridized carbons (Fsp3) is 0.556. The van der Waals surface area contributed by atoms with E-state index in [0.29, 0.717) is 11.5 Å². The summed E-state index contributed by atoms with van der Waals surface area (Å²) in [6.45, 7) is 3.48. The Kier molecular flexibility index (Phi) is 6.13. The Balaban J connectivity index is 2.04. The van der Waals surface area contributed by atoms with E-state index in [1.807, 2.05) is 0 Å². The van der Waals surface area contributed by atoms with Crippen molar-refractivity contribution in [2.24, 2.45) is 5.92 Å². The number of nitrogens with one attached hydrogen (secondary N) is 2. The summed E-state index contributed by atoms with van der Waals surface area (Å²) in [6.07, 6.45) is 6.78. The first-order chi connectivity index (χ1) is 11.0. The van der Waals surface area contributed by atoms with Crippen LogP contribution in [-0.4, -0.2) is 17.9 Å². The average Bonchev–Trinajstić information content (AvgIpc) is 2.94. The van der Waals surface area contributed by atoms with Crippen molar-refractivity contribution in [1.29, 1.82) is 0 Å². The quantitative estimate of drug-likeness (QED) is 0.836. The molecule has 0 saturated heterocycles. The minimum Gasteiger partial charge on any atom is -0.349 e. The van der Waals surface area contributed by atoms with Gasteiger partial charge < -0.3 is 10.6 Å². The molecule has 2 rings (SSSR count). The number of hydrogen-bond donors (Lipinski definition) is 2. The van der Waals surface area contributed by atoms with Gasteiger partial charge >= 0.3 is 0 Å². The maximum Gasteiger partial charge on any atom is 0.251 e. The first-order valence-electron chi connectivity index (χ1n) is 8.39. The largest absolute Gasteiger partial charge is 0.349 e. The molecule has 5 heteroatoms. The maximum atomic E-state index is 13.7. The predicted molar refractivity (Wildman–Crippen MR) is 88.8 cm³/mol. The highest BCUT2D eigenvalue weighted by Crippen LogP contribution is 2.30. The van der Waals surface area contributed by atoms with E-state index in [1.54, 1.807) is 0 Å². The lowest BCUT2D eigenvalue weighted by Gasteiger charge is -2.21. The van der Waals surface area contributed by atoms with Crippen LogP contribution in [0.15, 0.2) is 18.2 Å². The molecule has 2 atom stereocenters. The molecule has 0 bridgehead atoms. The van der Waals surface area contributed by atoms with E-state index in [0.717, 1.165) is 32.1 Å². The molecule has 0 aromatic heterocycles. The lowest BCUT2D eigenvalue weighted by molar-refractivity contribution is -0.114. The van der Waals surface area contributed by atoms with Crippen molar-refractivity contribution in [3.63, 3.8) is 0 Å². The van der Waals surface area contributed by atoms with Gasteiger partial charge in [0.1, 0.15) is 5.82 Å². The molecule has 2 unspecified atom stereocenters. The zero-order valence-corrected chi connectivity index (χ0v) is 13.8. The summed E-state index contributed by atoms with van der Waals surface area (Å²) < 4.78 is 13.7. The van der Waals surface area contributed by atoms with Gasteiger partial charge in [0.2, 0.25) is 5.91 Å². The summed E-state index contributed by atoms with van der Waals surface area (Å²) >= 11 is 0. The fourth-order valence-electron chi connectivity index (χ4n) is 3.24. The number of halogens is 1. The van der Waals surface area contributed by atoms with E-state index in [2.05, 4.69) is 17.6 Å². The van der Waals surface area contributed by atoms with Crippen LogP contribution in [0.4, 0.5) is 10.1 Å². The second-order valence-corrected chi connectivity index (χ2v) is 6.29. The second kappa shape index (κ2) is 8.09. The lowest BCUT2D eigenvalue weighted by Crippen LogP contribution is -2.37. The Morgan fingerprint density at radius 1 is 1.30 bits per heavy atom. The third-order valence-corrected chi connectivity index (χ3v) is 4.44. The average molecular weight is 320 g/mol. The van der Waals surface area contributed by atoms with Crippen LogP contribution in [0.1, 0.15) is 62.7 Å². The molecule has 23 heavy (non-hydrogen) atoms. The summed E-state index contributed by atoms with van der Waals surface area (Å²) in [5, 5.41) is 5.48. The smallest absolute Gasteiger partial charge is 0.251 e. The van der Waals surface area contributed by atoms with Crippen LogP contribution in [0.2, 0.25) is 0 Å². The van der Waals surface area contributed by atoms with Gasteiger partial charge in [0.25, 0.3) is 5.91 Å². The number of rotatable bonds is 6. The minimum atomic E-state index is -0.543. The summed E-state index contributed by atoms with van der Waals surface area (Å²) in [5.41, 5.74) is 0.412. The maximum absolute atomic E-state index is 13.7. The summed E-state index contributed by atoms with van der Waals surface area (Å²) in [5.74, 6) is -0.575. The normalized spacial score (nSPS) is 20.3. The van der Waals surface area contributed by atoms with Gasteiger partial charge in [0.05, 0.1) is 5.69 Å². The van der Waals surface area contributed by atoms with Gasteiger partial charge in [-0.15, -0.1) is 0 Å². The number of anilines is 1. The Bertz CT molecular complexity index is 574. The summed E-state index contributed by atoms with van der Waals surface area (Å²) in [7, 11) is 0. The molecule has 2 amide bonds. The van der Waals surface area contributed by atoms with Crippen LogP contribution >= 0.6 is 0 Å². The molecule has 1 aliphatic carbocycles. The Morgan fingerprint density at radius 2 is 2.09 bits per heavy atom. The zero-order chi connectivity index (χ0) is 16.8. The van der Waals surface area contributed by atoms with Crippen LogP contribution in [0.3, 0.4) is 0 Å². The monoisotopic (exact) mass is 320 g/mol. The molecule has 1 aromatic carbocycles. The highest BCUT2D eigenvalue weighted by molar-refractivity contribution is 5.97. The number of carbonyl (C=O) groups excluding carboxylic acids is 2. The van der Waals surface area contributed by atoms with Gasteiger partial charge in [-0.1, -0.05) is 26.2 Å². The van der Waals surface area contributed by atoms with E-state index in [-0.39, 0.29) is 23.5 Å². The molecule has 1 aromatic rings. The first kappa shape index (κ1) is 17.4. The Labute approximate surface area is 136 Å². The van der Waals surface area contributed by atoms with Crippen molar-refractivity contribution in [1.82, 2.24) is 5.32 Å². The highest BCUT2D eigenvalue weighted by atomic mass is 19.1. The lowest BCUT2D eigenvalue weighted by atomic mass is 9.96. The van der Waals surface area contributed by atoms with Gasteiger partial charge in [-0.3, -0.25) is 9.59 Å². The topological polar surface area (TPSA) is 58.2 Å². The Hall–Kier alpha value is -1.91. The molecule has 0 radical (unpaired) electrons. The molecule has 0 spiro atoms. The van der Waals surface area contributed by atoms with Gasteiger partial charge in [0.15, 0.2) is 0 Å². The van der Waals surface area contributed by atoms with Gasteiger partial charge in [-0.25, -0.2) is 4.39 Å². The van der Waals surface area contributed by atoms with Crippen molar-refractivity contribution in [2.75, 3.05) is 5.32 Å². The molecule has 0 heterocycles. The van der Waals surface area contributed by atoms with Crippen molar-refractivity contribution >= 4 is 17.5 Å². The molecule has 4 nitrogen and oxygen atoms in total. The van der Waals surface area contributed by atoms with E-state index in [9.17, 15) is 14.0 Å². The molecule has 1 saturated carbocycles. The second-order valence-electron chi connectivity index (χ2n) is 6.29. The van der Waals surface area contributed by atoms with Gasteiger partial charge in [0, 0.05) is 18.5 Å². The number of unbranched alkanes of at least 4 members (excludes halogenated alkanes) is 1. The molecular formula is C18H25FN2O2. The van der Waals surface area contributed by atoms with Crippen LogP contribution in [-0.2, 0) is 4.79 Å². The third-order valence-electron chi connectivity index (χ3n) is 4.44. The SMILES string of the molecule is CCCCC1CCCC1NC(=O)c1ccc(F)c(NC(C)=O)c1. The third kappa shape index (κ3) is 4.78. The van der Waals surface area contributed by atoms with E-state index in [1.165, 1.54) is 31.5 Å². The molecular weight excluding hydrogens is 295 g/mol. The standard InChI is InChI=1S/C18H25FN2O2/c1-3-4-6-13-7-5-8-16(13)21-18(23)14-9-10-15(19)17(11-14)20-12(2)22/h9-11,13,16H,3-8H2,1-2H3,(H,20,22)(H,21,23). The molecule has 0 aliphatic heterocycles. The molecule has 1 fully saturated rings. The molecule has 1 aliphatic rings. The van der Waals surface area contributed by atoms with Gasteiger partial charge in [-0.05, 0) is 43.4 Å². The first-order valence-corrected chi connectivity index (χ1v) is 8.39. The highest BCUT2D eigenvalue weighted by Gasteiger charge is 2.28. The zero-order valence-electron chi connectivity index (χ0n) is 13.8. The van der Waals surface area contributed by atoms with Crippen molar-refractivity contribution < 1.29 is 14.0 Å². The Morgan fingerprint density at radius 3 is 2.78 bits per heavy atom. The van der Waals surface area contributed by atoms with E-state index < -0.39 is 5.82 Å². The van der Waals surface area contributed by atoms with E-state index in [4.69, 9.17) is 0 Å². The van der Waals surface area contributed by atoms with Crippen LogP contribution in [0.5, 0.6) is 0 Å². The number of hydrogen-bond acceptors (Lipinski definition) is 2. The summed E-state index contributed by atoms with van der Waals surface area (Å²) in [6, 6.07) is 4.25. The summed E-state index contributed by atoms with van der Waals surface area (Å²) in [4.78, 5) is 23.5. The number of benzene rings is 1. The van der Waals surface area contributed by atoms with Crippen molar-refractivity contribution in [3.05, 3.63) is 29.6 Å². The number of carbonyl (C=O) groups is 2. The van der Waals surface area contributed by atoms with E-state index >= 15 is 0 Å². The minimum absolute atomic E-state index is 0.0408. The fourth-order valence-corrected chi connectivity index (χ4v) is 3.24. The molecule has 126 valence electrons. The van der Waals surface area contributed by atoms with Gasteiger partial charge in [-0.2, -0.15) is 0 Å². The van der Waals surface area contributed by atoms with Crippen molar-refractivity contribution in [3.8, 4) is 0 Å². The predicted octanol–water partition coefficient (Wildman–Crippen LogP) is 3.87. The van der Waals surface area contributed by atoms with Crippen LogP contribution in [0, 0.1) is 11.7 Å². The van der Waals surface area contributed by atoms with Crippen LogP contribution in [0.25, 0.3) is 0 Å². The molecule has 2 N–H and O–H groups in total. The van der Waals surface area contributed by atoms with Crippen LogP contribution < -0.4 is 10.6 Å².